The van der Waals surface area contributed by atoms with Gasteiger partial charge < -0.3 is 10.6 Å². The minimum atomic E-state index is 0.0140. The van der Waals surface area contributed by atoms with Gasteiger partial charge in [0.05, 0.1) is 6.04 Å². The number of amides is 1. The highest BCUT2D eigenvalue weighted by molar-refractivity contribution is 5.76. The van der Waals surface area contributed by atoms with E-state index in [4.69, 9.17) is 5.73 Å². The van der Waals surface area contributed by atoms with Crippen LogP contribution >= 0.6 is 0 Å². The van der Waals surface area contributed by atoms with E-state index in [9.17, 15) is 4.79 Å². The lowest BCUT2D eigenvalue weighted by molar-refractivity contribution is -0.132. The Morgan fingerprint density at radius 1 is 1.17 bits per heavy atom. The molecule has 2 aliphatic rings. The summed E-state index contributed by atoms with van der Waals surface area (Å²) in [5.41, 5.74) is 5.76. The van der Waals surface area contributed by atoms with Crippen molar-refractivity contribution < 1.29 is 4.79 Å². The molecule has 126 valence electrons. The van der Waals surface area contributed by atoms with Crippen LogP contribution in [-0.4, -0.2) is 27.3 Å². The van der Waals surface area contributed by atoms with E-state index in [0.717, 1.165) is 31.7 Å². The van der Waals surface area contributed by atoms with Gasteiger partial charge in [-0.2, -0.15) is 0 Å². The van der Waals surface area contributed by atoms with Gasteiger partial charge in [-0.1, -0.05) is 38.5 Å². The van der Waals surface area contributed by atoms with Gasteiger partial charge in [-0.05, 0) is 31.2 Å². The minimum absolute atomic E-state index is 0.0140. The standard InChI is InChI=1S/C18H28N4O/c19-16-11-12-20-18(21-16)15-8-5-13-22(15)17(23)10-9-14-6-3-1-2-4-7-14/h11-12,14-15H,1-10,13H2,(H2,19,20,21). The molecule has 23 heavy (non-hydrogen) atoms. The number of carbonyl (C=O) groups is 1. The third-order valence-corrected chi connectivity index (χ3v) is 5.31. The molecule has 2 heterocycles. The van der Waals surface area contributed by atoms with E-state index in [0.29, 0.717) is 18.1 Å². The second kappa shape index (κ2) is 7.75. The average Bonchev–Trinajstić information content (AvgIpc) is 2.90. The zero-order chi connectivity index (χ0) is 16.1. The number of anilines is 1. The number of nitrogens with zero attached hydrogens (tertiary/aromatic N) is 3. The molecule has 0 radical (unpaired) electrons. The van der Waals surface area contributed by atoms with Crippen molar-refractivity contribution in [2.24, 2.45) is 5.92 Å². The largest absolute Gasteiger partial charge is 0.384 e. The van der Waals surface area contributed by atoms with Crippen molar-refractivity contribution in [1.82, 2.24) is 14.9 Å². The highest BCUT2D eigenvalue weighted by atomic mass is 16.2. The summed E-state index contributed by atoms with van der Waals surface area (Å²) in [5, 5.41) is 0. The lowest BCUT2D eigenvalue weighted by atomic mass is 9.94. The van der Waals surface area contributed by atoms with Crippen LogP contribution in [-0.2, 0) is 4.79 Å². The van der Waals surface area contributed by atoms with Gasteiger partial charge >= 0.3 is 0 Å². The molecule has 1 saturated carbocycles. The van der Waals surface area contributed by atoms with Gasteiger partial charge in [-0.25, -0.2) is 9.97 Å². The summed E-state index contributed by atoms with van der Waals surface area (Å²) < 4.78 is 0. The molecule has 1 saturated heterocycles. The molecule has 0 bridgehead atoms. The molecule has 5 nitrogen and oxygen atoms in total. The molecule has 2 N–H and O–H groups in total. The van der Waals surface area contributed by atoms with Crippen LogP contribution in [0, 0.1) is 5.92 Å². The molecule has 1 aliphatic heterocycles. The summed E-state index contributed by atoms with van der Waals surface area (Å²) in [6.45, 7) is 0.826. The predicted octanol–water partition coefficient (Wildman–Crippen LogP) is 3.47. The van der Waals surface area contributed by atoms with E-state index in [2.05, 4.69) is 9.97 Å². The highest BCUT2D eigenvalue weighted by Crippen LogP contribution is 2.32. The average molecular weight is 316 g/mol. The molecule has 0 aromatic carbocycles. The molecule has 1 aromatic rings. The number of aromatic nitrogens is 2. The van der Waals surface area contributed by atoms with Crippen LogP contribution < -0.4 is 5.73 Å². The van der Waals surface area contributed by atoms with Crippen molar-refractivity contribution in [3.63, 3.8) is 0 Å². The molecule has 2 fully saturated rings. The monoisotopic (exact) mass is 316 g/mol. The number of nitrogens with two attached hydrogens (primary N) is 1. The summed E-state index contributed by atoms with van der Waals surface area (Å²) in [6, 6.07) is 1.71. The first kappa shape index (κ1) is 16.2. The molecule has 0 spiro atoms. The fourth-order valence-corrected chi connectivity index (χ4v) is 4.01. The van der Waals surface area contributed by atoms with Gasteiger partial charge in [0.15, 0.2) is 5.82 Å². The van der Waals surface area contributed by atoms with Crippen LogP contribution in [0.25, 0.3) is 0 Å². The number of rotatable bonds is 4. The molecule has 1 amide bonds. The Labute approximate surface area is 138 Å². The fraction of sp³-hybridized carbons (Fsp3) is 0.722. The molecule has 1 aliphatic carbocycles. The zero-order valence-electron chi connectivity index (χ0n) is 13.9. The molecular formula is C18H28N4O. The number of hydrogen-bond acceptors (Lipinski definition) is 4. The summed E-state index contributed by atoms with van der Waals surface area (Å²) in [5.74, 6) is 2.19. The van der Waals surface area contributed by atoms with Gasteiger partial charge in [-0.3, -0.25) is 4.79 Å². The maximum absolute atomic E-state index is 12.7. The van der Waals surface area contributed by atoms with E-state index in [1.165, 1.54) is 38.5 Å². The topological polar surface area (TPSA) is 72.1 Å². The minimum Gasteiger partial charge on any atom is -0.384 e. The third-order valence-electron chi connectivity index (χ3n) is 5.31. The van der Waals surface area contributed by atoms with E-state index in [1.54, 1.807) is 12.3 Å². The van der Waals surface area contributed by atoms with Crippen LogP contribution in [0.2, 0.25) is 0 Å². The number of nitrogen functional groups attached to an aromatic ring is 1. The van der Waals surface area contributed by atoms with Crippen LogP contribution in [0.1, 0.15) is 76.1 Å². The summed E-state index contributed by atoms with van der Waals surface area (Å²) in [4.78, 5) is 23.3. The van der Waals surface area contributed by atoms with Gasteiger partial charge in [0.25, 0.3) is 0 Å². The Bertz CT molecular complexity index is 526. The van der Waals surface area contributed by atoms with E-state index in [-0.39, 0.29) is 11.9 Å². The molecular weight excluding hydrogens is 288 g/mol. The Morgan fingerprint density at radius 2 is 1.96 bits per heavy atom. The Morgan fingerprint density at radius 3 is 2.70 bits per heavy atom. The van der Waals surface area contributed by atoms with Crippen molar-refractivity contribution in [3.05, 3.63) is 18.1 Å². The molecule has 5 heteroatoms. The van der Waals surface area contributed by atoms with Crippen LogP contribution in [0.15, 0.2) is 12.3 Å². The first-order valence-corrected chi connectivity index (χ1v) is 9.12. The maximum Gasteiger partial charge on any atom is 0.223 e. The number of hydrogen-bond donors (Lipinski definition) is 1. The Kier molecular flexibility index (Phi) is 5.47. The predicted molar refractivity (Wildman–Crippen MR) is 90.6 cm³/mol. The normalized spacial score (nSPS) is 23.0. The first-order chi connectivity index (χ1) is 11.2. The van der Waals surface area contributed by atoms with E-state index < -0.39 is 0 Å². The summed E-state index contributed by atoms with van der Waals surface area (Å²) in [6.07, 6.45) is 13.4. The van der Waals surface area contributed by atoms with Crippen molar-refractivity contribution in [2.75, 3.05) is 12.3 Å². The van der Waals surface area contributed by atoms with Crippen molar-refractivity contribution in [3.8, 4) is 0 Å². The van der Waals surface area contributed by atoms with Crippen molar-refractivity contribution >= 4 is 11.7 Å². The number of carbonyl (C=O) groups excluding carboxylic acids is 1. The van der Waals surface area contributed by atoms with Gasteiger partial charge in [-0.15, -0.1) is 0 Å². The smallest absolute Gasteiger partial charge is 0.223 e. The van der Waals surface area contributed by atoms with Gasteiger partial charge in [0, 0.05) is 19.2 Å². The fourth-order valence-electron chi connectivity index (χ4n) is 4.01. The second-order valence-corrected chi connectivity index (χ2v) is 6.98. The SMILES string of the molecule is Nc1ccnc(C2CCCN2C(=O)CCC2CCCCCC2)n1. The highest BCUT2D eigenvalue weighted by Gasteiger charge is 2.32. The van der Waals surface area contributed by atoms with Crippen molar-refractivity contribution in [2.45, 2.75) is 70.3 Å². The van der Waals surface area contributed by atoms with Crippen molar-refractivity contribution in [1.29, 1.82) is 0 Å². The third kappa shape index (κ3) is 4.21. The second-order valence-electron chi connectivity index (χ2n) is 6.98. The summed E-state index contributed by atoms with van der Waals surface area (Å²) in [7, 11) is 0. The zero-order valence-corrected chi connectivity index (χ0v) is 13.9. The number of likely N-dealkylation sites (tertiary alicyclic amines) is 1. The quantitative estimate of drug-likeness (QED) is 0.863. The van der Waals surface area contributed by atoms with Crippen LogP contribution in [0.4, 0.5) is 5.82 Å². The summed E-state index contributed by atoms with van der Waals surface area (Å²) >= 11 is 0. The molecule has 1 aromatic heterocycles. The van der Waals surface area contributed by atoms with Gasteiger partial charge in [0.1, 0.15) is 5.82 Å². The Balaban J connectivity index is 1.57. The van der Waals surface area contributed by atoms with E-state index in [1.807, 2.05) is 4.90 Å². The van der Waals surface area contributed by atoms with E-state index >= 15 is 0 Å². The van der Waals surface area contributed by atoms with Gasteiger partial charge in [0.2, 0.25) is 5.91 Å². The first-order valence-electron chi connectivity index (χ1n) is 9.12. The lowest BCUT2D eigenvalue weighted by Gasteiger charge is -2.24. The van der Waals surface area contributed by atoms with Crippen LogP contribution in [0.3, 0.4) is 0 Å². The lowest BCUT2D eigenvalue weighted by Crippen LogP contribution is -2.31. The maximum atomic E-state index is 12.7. The molecule has 1 atom stereocenters. The molecule has 3 rings (SSSR count). The molecule has 1 unspecified atom stereocenters. The van der Waals surface area contributed by atoms with Crippen LogP contribution in [0.5, 0.6) is 0 Å². The Hall–Kier alpha value is -1.65.